The Morgan fingerprint density at radius 3 is 2.70 bits per heavy atom. The van der Waals surface area contributed by atoms with Crippen molar-refractivity contribution in [3.63, 3.8) is 0 Å². The molecule has 0 amide bonds. The van der Waals surface area contributed by atoms with Crippen LogP contribution in [0.15, 0.2) is 29.3 Å². The molecule has 0 radical (unpaired) electrons. The van der Waals surface area contributed by atoms with E-state index < -0.39 is 0 Å². The minimum atomic E-state index is 0.404. The molecule has 1 fully saturated rings. The van der Waals surface area contributed by atoms with Crippen molar-refractivity contribution >= 4 is 5.96 Å². The quantitative estimate of drug-likeness (QED) is 0.424. The van der Waals surface area contributed by atoms with Crippen LogP contribution in [0.25, 0.3) is 0 Å². The molecule has 2 rings (SSSR count). The molecule has 1 aromatic carbocycles. The lowest BCUT2D eigenvalue weighted by molar-refractivity contribution is 0.0392. The van der Waals surface area contributed by atoms with Crippen LogP contribution >= 0.6 is 0 Å². The summed E-state index contributed by atoms with van der Waals surface area (Å²) in [5.41, 5.74) is 1.18. The van der Waals surface area contributed by atoms with Crippen LogP contribution in [0.2, 0.25) is 0 Å². The summed E-state index contributed by atoms with van der Waals surface area (Å²) in [7, 11) is 4.00. The first-order chi connectivity index (χ1) is 14.5. The van der Waals surface area contributed by atoms with E-state index in [2.05, 4.69) is 66.5 Å². The fourth-order valence-electron chi connectivity index (χ4n) is 3.63. The van der Waals surface area contributed by atoms with Gasteiger partial charge in [-0.05, 0) is 63.3 Å². The van der Waals surface area contributed by atoms with Crippen molar-refractivity contribution in [3.8, 4) is 5.75 Å². The third kappa shape index (κ3) is 9.35. The molecule has 1 atom stereocenters. The summed E-state index contributed by atoms with van der Waals surface area (Å²) in [5, 5.41) is 6.89. The molecule has 1 aliphatic rings. The normalized spacial score (nSPS) is 16.7. The SMILES string of the molecule is CN=C(NCc1cccc(OCCN(C)C2CCOCC2)c1)NC(C)CCC(C)C. The summed E-state index contributed by atoms with van der Waals surface area (Å²) in [6, 6.07) is 9.32. The number of rotatable bonds is 11. The Labute approximate surface area is 183 Å². The van der Waals surface area contributed by atoms with Crippen LogP contribution in [-0.4, -0.2) is 63.4 Å². The van der Waals surface area contributed by atoms with E-state index in [1.807, 2.05) is 13.1 Å². The van der Waals surface area contributed by atoms with Gasteiger partial charge in [0.15, 0.2) is 5.96 Å². The highest BCUT2D eigenvalue weighted by Crippen LogP contribution is 2.15. The first-order valence-corrected chi connectivity index (χ1v) is 11.4. The number of likely N-dealkylation sites (N-methyl/N-ethyl adjacent to an activating group) is 1. The average molecular weight is 419 g/mol. The van der Waals surface area contributed by atoms with E-state index in [4.69, 9.17) is 9.47 Å². The number of hydrogen-bond donors (Lipinski definition) is 2. The highest BCUT2D eigenvalue weighted by Gasteiger charge is 2.18. The highest BCUT2D eigenvalue weighted by atomic mass is 16.5. The van der Waals surface area contributed by atoms with E-state index in [0.717, 1.165) is 63.2 Å². The van der Waals surface area contributed by atoms with E-state index in [-0.39, 0.29) is 0 Å². The Balaban J connectivity index is 1.73. The van der Waals surface area contributed by atoms with Crippen LogP contribution in [0.3, 0.4) is 0 Å². The largest absolute Gasteiger partial charge is 0.492 e. The summed E-state index contributed by atoms with van der Waals surface area (Å²) in [5.74, 6) is 2.49. The lowest BCUT2D eigenvalue weighted by atomic mass is 10.0. The summed E-state index contributed by atoms with van der Waals surface area (Å²) < 4.78 is 11.5. The van der Waals surface area contributed by atoms with Crippen molar-refractivity contribution < 1.29 is 9.47 Å². The fraction of sp³-hybridized carbons (Fsp3) is 0.708. The van der Waals surface area contributed by atoms with Crippen molar-refractivity contribution in [1.29, 1.82) is 0 Å². The molecular weight excluding hydrogens is 376 g/mol. The van der Waals surface area contributed by atoms with E-state index >= 15 is 0 Å². The van der Waals surface area contributed by atoms with Gasteiger partial charge in [0.1, 0.15) is 12.4 Å². The predicted molar refractivity (Wildman–Crippen MR) is 125 cm³/mol. The Hall–Kier alpha value is -1.79. The Morgan fingerprint density at radius 2 is 2.00 bits per heavy atom. The summed E-state index contributed by atoms with van der Waals surface area (Å²) in [6.45, 7) is 10.8. The highest BCUT2D eigenvalue weighted by molar-refractivity contribution is 5.79. The van der Waals surface area contributed by atoms with Crippen molar-refractivity contribution in [3.05, 3.63) is 29.8 Å². The molecule has 1 aliphatic heterocycles. The maximum absolute atomic E-state index is 6.01. The fourth-order valence-corrected chi connectivity index (χ4v) is 3.63. The smallest absolute Gasteiger partial charge is 0.191 e. The number of guanidine groups is 1. The third-order valence-corrected chi connectivity index (χ3v) is 5.67. The number of ether oxygens (including phenoxy) is 2. The molecule has 0 saturated carbocycles. The predicted octanol–water partition coefficient (Wildman–Crippen LogP) is 3.67. The van der Waals surface area contributed by atoms with Crippen LogP contribution in [0.1, 0.15) is 52.0 Å². The second-order valence-electron chi connectivity index (χ2n) is 8.76. The number of nitrogens with one attached hydrogen (secondary N) is 2. The topological polar surface area (TPSA) is 58.1 Å². The standard InChI is InChI=1S/C24H42N4O2/c1-19(2)9-10-20(3)27-24(25-4)26-18-21-7-6-8-23(17-21)30-16-13-28(5)22-11-14-29-15-12-22/h6-8,17,19-20,22H,9-16,18H2,1-5H3,(H2,25,26,27). The summed E-state index contributed by atoms with van der Waals surface area (Å²) in [6.07, 6.45) is 4.59. The van der Waals surface area contributed by atoms with Gasteiger partial charge >= 0.3 is 0 Å². The zero-order chi connectivity index (χ0) is 21.8. The Bertz CT molecular complexity index is 629. The zero-order valence-corrected chi connectivity index (χ0v) is 19.6. The Morgan fingerprint density at radius 1 is 1.23 bits per heavy atom. The molecule has 0 aromatic heterocycles. The maximum atomic E-state index is 6.01. The van der Waals surface area contributed by atoms with Crippen LogP contribution < -0.4 is 15.4 Å². The second-order valence-corrected chi connectivity index (χ2v) is 8.76. The van der Waals surface area contributed by atoms with Gasteiger partial charge in [0.2, 0.25) is 0 Å². The van der Waals surface area contributed by atoms with E-state index in [1.54, 1.807) is 0 Å². The van der Waals surface area contributed by atoms with Crippen molar-refractivity contribution in [1.82, 2.24) is 15.5 Å². The van der Waals surface area contributed by atoms with Gasteiger partial charge in [-0.3, -0.25) is 9.89 Å². The third-order valence-electron chi connectivity index (χ3n) is 5.67. The molecule has 6 heteroatoms. The van der Waals surface area contributed by atoms with Gasteiger partial charge in [0.05, 0.1) is 0 Å². The number of aliphatic imine (C=N–C) groups is 1. The van der Waals surface area contributed by atoms with E-state index in [0.29, 0.717) is 18.7 Å². The van der Waals surface area contributed by atoms with Gasteiger partial charge < -0.3 is 20.1 Å². The summed E-state index contributed by atoms with van der Waals surface area (Å²) >= 11 is 0. The molecule has 0 aliphatic carbocycles. The zero-order valence-electron chi connectivity index (χ0n) is 19.6. The van der Waals surface area contributed by atoms with Gasteiger partial charge in [-0.1, -0.05) is 26.0 Å². The molecule has 1 saturated heterocycles. The molecule has 1 aromatic rings. The molecule has 0 bridgehead atoms. The number of benzene rings is 1. The van der Waals surface area contributed by atoms with Crippen LogP contribution in [0, 0.1) is 5.92 Å². The number of hydrogen-bond acceptors (Lipinski definition) is 4. The van der Waals surface area contributed by atoms with Gasteiger partial charge in [-0.2, -0.15) is 0 Å². The molecule has 170 valence electrons. The number of nitrogens with zero attached hydrogens (tertiary/aromatic N) is 2. The minimum Gasteiger partial charge on any atom is -0.492 e. The van der Waals surface area contributed by atoms with Gasteiger partial charge in [-0.25, -0.2) is 0 Å². The summed E-state index contributed by atoms with van der Waals surface area (Å²) in [4.78, 5) is 6.75. The molecular formula is C24H42N4O2. The van der Waals surface area contributed by atoms with Crippen LogP contribution in [0.4, 0.5) is 0 Å². The molecule has 1 unspecified atom stereocenters. The van der Waals surface area contributed by atoms with Gasteiger partial charge in [0.25, 0.3) is 0 Å². The first kappa shape index (κ1) is 24.5. The molecule has 1 heterocycles. The van der Waals surface area contributed by atoms with Crippen molar-refractivity contribution in [2.24, 2.45) is 10.9 Å². The Kier molecular flexibility index (Phi) is 11.0. The van der Waals surface area contributed by atoms with E-state index in [1.165, 1.54) is 12.0 Å². The molecule has 2 N–H and O–H groups in total. The van der Waals surface area contributed by atoms with Gasteiger partial charge in [0, 0.05) is 45.4 Å². The van der Waals surface area contributed by atoms with Crippen LogP contribution in [-0.2, 0) is 11.3 Å². The van der Waals surface area contributed by atoms with E-state index in [9.17, 15) is 0 Å². The second kappa shape index (κ2) is 13.5. The first-order valence-electron chi connectivity index (χ1n) is 11.4. The maximum Gasteiger partial charge on any atom is 0.191 e. The molecule has 6 nitrogen and oxygen atoms in total. The minimum absolute atomic E-state index is 0.404. The lowest BCUT2D eigenvalue weighted by Crippen LogP contribution is -2.41. The average Bonchev–Trinajstić information content (AvgIpc) is 2.76. The lowest BCUT2D eigenvalue weighted by Gasteiger charge is -2.31. The van der Waals surface area contributed by atoms with Gasteiger partial charge in [-0.15, -0.1) is 0 Å². The van der Waals surface area contributed by atoms with Crippen molar-refractivity contribution in [2.75, 3.05) is 40.5 Å². The van der Waals surface area contributed by atoms with Crippen LogP contribution in [0.5, 0.6) is 5.75 Å². The molecule has 0 spiro atoms. The monoisotopic (exact) mass is 418 g/mol. The molecule has 30 heavy (non-hydrogen) atoms. The van der Waals surface area contributed by atoms with Crippen molar-refractivity contribution in [2.45, 2.75) is 65.1 Å².